The molecule has 6 heteroatoms. The Bertz CT molecular complexity index is 588. The van der Waals surface area contributed by atoms with Crippen molar-refractivity contribution in [1.29, 1.82) is 0 Å². The summed E-state index contributed by atoms with van der Waals surface area (Å²) in [4.78, 5) is 21.3. The normalized spacial score (nSPS) is 25.1. The topological polar surface area (TPSA) is 57.7 Å². The van der Waals surface area contributed by atoms with E-state index >= 15 is 0 Å². The maximum absolute atomic E-state index is 11.9. The van der Waals surface area contributed by atoms with Crippen LogP contribution >= 0.6 is 0 Å². The zero-order valence-electron chi connectivity index (χ0n) is 12.9. The first-order chi connectivity index (χ1) is 10.7. The van der Waals surface area contributed by atoms with Gasteiger partial charge in [0.25, 0.3) is 0 Å². The number of ether oxygens (including phenoxy) is 1. The lowest BCUT2D eigenvalue weighted by molar-refractivity contribution is -0.117. The van der Waals surface area contributed by atoms with Crippen molar-refractivity contribution in [3.8, 4) is 0 Å². The molecule has 3 aliphatic rings. The number of carbonyl (C=O) groups is 1. The van der Waals surface area contributed by atoms with Gasteiger partial charge in [0, 0.05) is 25.6 Å². The highest BCUT2D eigenvalue weighted by atomic mass is 16.5. The molecule has 1 aliphatic carbocycles. The number of anilines is 2. The summed E-state index contributed by atoms with van der Waals surface area (Å²) in [6.45, 7) is 4.21. The van der Waals surface area contributed by atoms with E-state index in [1.807, 2.05) is 6.07 Å². The maximum Gasteiger partial charge on any atom is 0.228 e. The largest absolute Gasteiger partial charge is 0.377 e. The van der Waals surface area contributed by atoms with Crippen LogP contribution in [0.2, 0.25) is 0 Å². The van der Waals surface area contributed by atoms with Crippen LogP contribution in [0.3, 0.4) is 0 Å². The number of carbonyl (C=O) groups excluding carboxylic acids is 1. The van der Waals surface area contributed by atoms with Crippen molar-refractivity contribution in [2.75, 3.05) is 43.6 Å². The third-order valence-corrected chi connectivity index (χ3v) is 4.63. The number of hydrogen-bond acceptors (Lipinski definition) is 5. The Balaban J connectivity index is 1.61. The van der Waals surface area contributed by atoms with Crippen molar-refractivity contribution in [3.63, 3.8) is 0 Å². The number of amides is 1. The Morgan fingerprint density at radius 1 is 1.41 bits per heavy atom. The minimum atomic E-state index is 0.110. The van der Waals surface area contributed by atoms with Crippen LogP contribution in [0, 0.1) is 5.92 Å². The molecule has 1 saturated carbocycles. The Labute approximate surface area is 130 Å². The maximum atomic E-state index is 11.9. The molecule has 1 amide bonds. The van der Waals surface area contributed by atoms with Crippen molar-refractivity contribution in [1.82, 2.24) is 9.88 Å². The van der Waals surface area contributed by atoms with E-state index in [-0.39, 0.29) is 11.8 Å². The predicted octanol–water partition coefficient (Wildman–Crippen LogP) is 1.08. The molecule has 4 rings (SSSR count). The zero-order chi connectivity index (χ0) is 15.1. The minimum absolute atomic E-state index is 0.110. The molecular formula is C16H22N4O2. The molecule has 1 saturated heterocycles. The Kier molecular flexibility index (Phi) is 3.50. The summed E-state index contributed by atoms with van der Waals surface area (Å²) in [7, 11) is 2.11. The Morgan fingerprint density at radius 3 is 3.09 bits per heavy atom. The molecular weight excluding hydrogens is 280 g/mol. The third-order valence-electron chi connectivity index (χ3n) is 4.63. The second kappa shape index (κ2) is 5.52. The van der Waals surface area contributed by atoms with Gasteiger partial charge in [-0.25, -0.2) is 4.98 Å². The molecule has 1 aromatic rings. The van der Waals surface area contributed by atoms with E-state index in [4.69, 9.17) is 9.72 Å². The fourth-order valence-electron chi connectivity index (χ4n) is 3.32. The van der Waals surface area contributed by atoms with Crippen LogP contribution < -0.4 is 10.2 Å². The SMILES string of the molecule is CN1Cc2nc(NC(=O)C3CC3)ccc2N2CCOCC2C1. The van der Waals surface area contributed by atoms with E-state index in [9.17, 15) is 4.79 Å². The van der Waals surface area contributed by atoms with Crippen LogP contribution in [0.5, 0.6) is 0 Å². The summed E-state index contributed by atoms with van der Waals surface area (Å²) in [6, 6.07) is 4.41. The van der Waals surface area contributed by atoms with Gasteiger partial charge in [-0.3, -0.25) is 9.69 Å². The van der Waals surface area contributed by atoms with E-state index in [0.29, 0.717) is 11.9 Å². The fourth-order valence-corrected chi connectivity index (χ4v) is 3.32. The van der Waals surface area contributed by atoms with E-state index in [0.717, 1.165) is 51.4 Å². The Morgan fingerprint density at radius 2 is 2.27 bits per heavy atom. The van der Waals surface area contributed by atoms with Gasteiger partial charge in [0.15, 0.2) is 0 Å². The zero-order valence-corrected chi connectivity index (χ0v) is 12.9. The van der Waals surface area contributed by atoms with E-state index < -0.39 is 0 Å². The molecule has 6 nitrogen and oxygen atoms in total. The van der Waals surface area contributed by atoms with Gasteiger partial charge < -0.3 is 15.0 Å². The monoisotopic (exact) mass is 302 g/mol. The Hall–Kier alpha value is -1.66. The number of pyridine rings is 1. The average Bonchev–Trinajstić information content (AvgIpc) is 3.33. The summed E-state index contributed by atoms with van der Waals surface area (Å²) >= 11 is 0. The van der Waals surface area contributed by atoms with Crippen molar-refractivity contribution in [2.24, 2.45) is 5.92 Å². The summed E-state index contributed by atoms with van der Waals surface area (Å²) in [5.41, 5.74) is 2.22. The second-order valence-corrected chi connectivity index (χ2v) is 6.54. The molecule has 22 heavy (non-hydrogen) atoms. The molecule has 1 aromatic heterocycles. The summed E-state index contributed by atoms with van der Waals surface area (Å²) in [5.74, 6) is 0.987. The van der Waals surface area contributed by atoms with Gasteiger partial charge in [-0.15, -0.1) is 0 Å². The van der Waals surface area contributed by atoms with E-state index in [1.54, 1.807) is 0 Å². The standard InChI is InChI=1S/C16H22N4O2/c1-19-8-12-10-22-7-6-20(12)14-4-5-15(17-13(14)9-19)18-16(21)11-2-3-11/h4-5,11-12H,2-3,6-10H2,1H3,(H,17,18,21). The third kappa shape index (κ3) is 2.68. The van der Waals surface area contributed by atoms with Crippen LogP contribution in [-0.4, -0.2) is 55.2 Å². The number of morpholine rings is 1. The molecule has 118 valence electrons. The van der Waals surface area contributed by atoms with E-state index in [2.05, 4.69) is 28.2 Å². The highest BCUT2D eigenvalue weighted by Crippen LogP contribution is 2.32. The molecule has 2 fully saturated rings. The van der Waals surface area contributed by atoms with Gasteiger partial charge in [0.05, 0.1) is 30.6 Å². The van der Waals surface area contributed by atoms with Crippen LogP contribution in [0.4, 0.5) is 11.5 Å². The van der Waals surface area contributed by atoms with Crippen molar-refractivity contribution in [2.45, 2.75) is 25.4 Å². The highest BCUT2D eigenvalue weighted by molar-refractivity contribution is 5.93. The summed E-state index contributed by atoms with van der Waals surface area (Å²) < 4.78 is 5.62. The number of likely N-dealkylation sites (N-methyl/N-ethyl adjacent to an activating group) is 1. The number of fused-ring (bicyclic) bond motifs is 3. The van der Waals surface area contributed by atoms with Crippen LogP contribution in [0.1, 0.15) is 18.5 Å². The highest BCUT2D eigenvalue weighted by Gasteiger charge is 2.32. The lowest BCUT2D eigenvalue weighted by Gasteiger charge is -2.37. The number of nitrogens with zero attached hydrogens (tertiary/aromatic N) is 3. The fraction of sp³-hybridized carbons (Fsp3) is 0.625. The minimum Gasteiger partial charge on any atom is -0.377 e. The predicted molar refractivity (Wildman–Crippen MR) is 83.9 cm³/mol. The summed E-state index contributed by atoms with van der Waals surface area (Å²) in [5, 5.41) is 2.95. The first-order valence-electron chi connectivity index (χ1n) is 8.04. The quantitative estimate of drug-likeness (QED) is 0.886. The molecule has 0 aromatic carbocycles. The van der Waals surface area contributed by atoms with Crippen LogP contribution in [0.15, 0.2) is 12.1 Å². The van der Waals surface area contributed by atoms with Gasteiger partial charge in [-0.1, -0.05) is 0 Å². The molecule has 0 bridgehead atoms. The molecule has 0 spiro atoms. The first kappa shape index (κ1) is 14.0. The van der Waals surface area contributed by atoms with Crippen LogP contribution in [0.25, 0.3) is 0 Å². The van der Waals surface area contributed by atoms with Gasteiger partial charge >= 0.3 is 0 Å². The van der Waals surface area contributed by atoms with Gasteiger partial charge in [-0.2, -0.15) is 0 Å². The first-order valence-corrected chi connectivity index (χ1v) is 8.04. The van der Waals surface area contributed by atoms with Crippen LogP contribution in [-0.2, 0) is 16.1 Å². The van der Waals surface area contributed by atoms with Gasteiger partial charge in [-0.05, 0) is 32.0 Å². The molecule has 1 N–H and O–H groups in total. The number of aromatic nitrogens is 1. The average molecular weight is 302 g/mol. The van der Waals surface area contributed by atoms with E-state index in [1.165, 1.54) is 5.69 Å². The number of rotatable bonds is 2. The number of hydrogen-bond donors (Lipinski definition) is 1. The lowest BCUT2D eigenvalue weighted by Crippen LogP contribution is -2.49. The smallest absolute Gasteiger partial charge is 0.228 e. The number of nitrogens with one attached hydrogen (secondary N) is 1. The second-order valence-electron chi connectivity index (χ2n) is 6.54. The van der Waals surface area contributed by atoms with Gasteiger partial charge in [0.1, 0.15) is 5.82 Å². The summed E-state index contributed by atoms with van der Waals surface area (Å²) in [6.07, 6.45) is 2.02. The molecule has 2 aliphatic heterocycles. The molecule has 3 heterocycles. The molecule has 0 radical (unpaired) electrons. The van der Waals surface area contributed by atoms with Gasteiger partial charge in [0.2, 0.25) is 5.91 Å². The van der Waals surface area contributed by atoms with Crippen molar-refractivity contribution >= 4 is 17.4 Å². The van der Waals surface area contributed by atoms with Crippen molar-refractivity contribution < 1.29 is 9.53 Å². The van der Waals surface area contributed by atoms with Crippen molar-refractivity contribution in [3.05, 3.63) is 17.8 Å². The molecule has 1 atom stereocenters. The molecule has 1 unspecified atom stereocenters. The lowest BCUT2D eigenvalue weighted by atomic mass is 10.2.